The van der Waals surface area contributed by atoms with Crippen molar-refractivity contribution in [1.82, 2.24) is 4.98 Å². The van der Waals surface area contributed by atoms with Crippen molar-refractivity contribution in [2.75, 3.05) is 6.61 Å². The van der Waals surface area contributed by atoms with E-state index < -0.39 is 0 Å². The van der Waals surface area contributed by atoms with Crippen molar-refractivity contribution in [2.24, 2.45) is 0 Å². The highest BCUT2D eigenvalue weighted by molar-refractivity contribution is 7.98. The van der Waals surface area contributed by atoms with E-state index >= 15 is 0 Å². The lowest BCUT2D eigenvalue weighted by molar-refractivity contribution is 0.305. The quantitative estimate of drug-likeness (QED) is 0.687. The standard InChI is InChI=1S/C15H15NO2S/c1-12-10-18-15(16-12)19-11-14-8-3-2-6-13(14)7-4-5-9-17/h2-3,6,8,10,17H,5,9,11H2,1H3. The first-order valence-corrected chi connectivity index (χ1v) is 7.00. The highest BCUT2D eigenvalue weighted by Crippen LogP contribution is 2.23. The molecule has 0 atom stereocenters. The maximum absolute atomic E-state index is 8.74. The van der Waals surface area contributed by atoms with Gasteiger partial charge in [-0.3, -0.25) is 0 Å². The second-order valence-corrected chi connectivity index (χ2v) is 4.90. The fourth-order valence-corrected chi connectivity index (χ4v) is 2.38. The van der Waals surface area contributed by atoms with Crippen molar-refractivity contribution < 1.29 is 9.52 Å². The summed E-state index contributed by atoms with van der Waals surface area (Å²) < 4.78 is 5.31. The normalized spacial score (nSPS) is 10.0. The van der Waals surface area contributed by atoms with Gasteiger partial charge in [0.2, 0.25) is 0 Å². The van der Waals surface area contributed by atoms with E-state index in [2.05, 4.69) is 16.8 Å². The molecular weight excluding hydrogens is 258 g/mol. The zero-order valence-corrected chi connectivity index (χ0v) is 11.5. The van der Waals surface area contributed by atoms with Gasteiger partial charge in [0.1, 0.15) is 6.26 Å². The summed E-state index contributed by atoms with van der Waals surface area (Å²) in [6, 6.07) is 7.99. The average molecular weight is 273 g/mol. The van der Waals surface area contributed by atoms with Crippen LogP contribution in [0.15, 0.2) is 40.2 Å². The molecular formula is C15H15NO2S. The minimum atomic E-state index is 0.0967. The third-order valence-electron chi connectivity index (χ3n) is 2.43. The molecule has 98 valence electrons. The Morgan fingerprint density at radius 1 is 1.37 bits per heavy atom. The van der Waals surface area contributed by atoms with Crippen LogP contribution in [0.4, 0.5) is 0 Å². The highest BCUT2D eigenvalue weighted by Gasteiger charge is 2.04. The van der Waals surface area contributed by atoms with E-state index in [1.807, 2.05) is 31.2 Å². The molecule has 0 amide bonds. The molecule has 1 N–H and O–H groups in total. The van der Waals surface area contributed by atoms with Gasteiger partial charge in [0.05, 0.1) is 12.3 Å². The lowest BCUT2D eigenvalue weighted by Gasteiger charge is -2.02. The number of aliphatic hydroxyl groups is 1. The minimum absolute atomic E-state index is 0.0967. The predicted octanol–water partition coefficient (Wildman–Crippen LogP) is 3.01. The van der Waals surface area contributed by atoms with Crippen molar-refractivity contribution in [3.8, 4) is 11.8 Å². The molecule has 0 radical (unpaired) electrons. The van der Waals surface area contributed by atoms with Crippen LogP contribution in [-0.2, 0) is 5.75 Å². The van der Waals surface area contributed by atoms with Crippen molar-refractivity contribution >= 4 is 11.8 Å². The molecule has 0 saturated heterocycles. The Bertz CT molecular complexity index is 595. The van der Waals surface area contributed by atoms with Gasteiger partial charge in [-0.15, -0.1) is 0 Å². The molecule has 0 aliphatic rings. The summed E-state index contributed by atoms with van der Waals surface area (Å²) in [6.45, 7) is 2.00. The molecule has 0 fully saturated rings. The fourth-order valence-electron chi connectivity index (χ4n) is 1.52. The largest absolute Gasteiger partial charge is 0.440 e. The summed E-state index contributed by atoms with van der Waals surface area (Å²) in [7, 11) is 0. The van der Waals surface area contributed by atoms with E-state index in [0.717, 1.165) is 22.6 Å². The first-order chi connectivity index (χ1) is 9.29. The molecule has 2 rings (SSSR count). The molecule has 4 heteroatoms. The topological polar surface area (TPSA) is 46.3 Å². The molecule has 0 spiro atoms. The molecule has 1 aromatic carbocycles. The van der Waals surface area contributed by atoms with Crippen LogP contribution in [0.5, 0.6) is 0 Å². The smallest absolute Gasteiger partial charge is 0.256 e. The summed E-state index contributed by atoms with van der Waals surface area (Å²) in [6.07, 6.45) is 2.15. The Hall–Kier alpha value is -1.70. The van der Waals surface area contributed by atoms with Gasteiger partial charge in [0.15, 0.2) is 0 Å². The number of thioether (sulfide) groups is 1. The molecule has 3 nitrogen and oxygen atoms in total. The summed E-state index contributed by atoms with van der Waals surface area (Å²) >= 11 is 1.55. The minimum Gasteiger partial charge on any atom is -0.440 e. The van der Waals surface area contributed by atoms with E-state index in [-0.39, 0.29) is 6.61 Å². The number of nitrogens with zero attached hydrogens (tertiary/aromatic N) is 1. The SMILES string of the molecule is Cc1coc(SCc2ccccc2C#CCCO)n1. The van der Waals surface area contributed by atoms with Crippen molar-refractivity contribution in [2.45, 2.75) is 24.3 Å². The van der Waals surface area contributed by atoms with Gasteiger partial charge in [-0.1, -0.05) is 41.8 Å². The molecule has 1 aromatic heterocycles. The maximum Gasteiger partial charge on any atom is 0.256 e. The Morgan fingerprint density at radius 3 is 2.95 bits per heavy atom. The Kier molecular flexibility index (Phi) is 5.08. The monoisotopic (exact) mass is 273 g/mol. The van der Waals surface area contributed by atoms with Gasteiger partial charge < -0.3 is 9.52 Å². The third kappa shape index (κ3) is 4.16. The second kappa shape index (κ2) is 7.03. The lowest BCUT2D eigenvalue weighted by atomic mass is 10.1. The highest BCUT2D eigenvalue weighted by atomic mass is 32.2. The van der Waals surface area contributed by atoms with E-state index in [0.29, 0.717) is 11.6 Å². The van der Waals surface area contributed by atoms with Crippen LogP contribution in [0.2, 0.25) is 0 Å². The number of aromatic nitrogens is 1. The Labute approximate surface area is 117 Å². The summed E-state index contributed by atoms with van der Waals surface area (Å²) in [4.78, 5) is 4.26. The van der Waals surface area contributed by atoms with Crippen LogP contribution in [0.25, 0.3) is 0 Å². The van der Waals surface area contributed by atoms with Gasteiger partial charge >= 0.3 is 0 Å². The predicted molar refractivity (Wildman–Crippen MR) is 75.8 cm³/mol. The van der Waals surface area contributed by atoms with Crippen LogP contribution < -0.4 is 0 Å². The molecule has 0 bridgehead atoms. The molecule has 1 heterocycles. The van der Waals surface area contributed by atoms with Gasteiger partial charge in [-0.25, -0.2) is 4.98 Å². The summed E-state index contributed by atoms with van der Waals surface area (Å²) in [5.41, 5.74) is 3.03. The van der Waals surface area contributed by atoms with Crippen LogP contribution >= 0.6 is 11.8 Å². The van der Waals surface area contributed by atoms with E-state index in [1.54, 1.807) is 18.0 Å². The molecule has 0 aliphatic carbocycles. The summed E-state index contributed by atoms with van der Waals surface area (Å²) in [5, 5.41) is 9.42. The number of rotatable bonds is 4. The zero-order valence-electron chi connectivity index (χ0n) is 10.7. The van der Waals surface area contributed by atoms with Gasteiger partial charge in [0, 0.05) is 17.7 Å². The van der Waals surface area contributed by atoms with Crippen molar-refractivity contribution in [1.29, 1.82) is 0 Å². The third-order valence-corrected chi connectivity index (χ3v) is 3.32. The number of hydrogen-bond donors (Lipinski definition) is 1. The van der Waals surface area contributed by atoms with Gasteiger partial charge in [0.25, 0.3) is 5.22 Å². The van der Waals surface area contributed by atoms with Crippen LogP contribution in [0.3, 0.4) is 0 Å². The number of oxazole rings is 1. The number of aliphatic hydroxyl groups excluding tert-OH is 1. The second-order valence-electron chi connectivity index (χ2n) is 3.98. The molecule has 0 aliphatic heterocycles. The van der Waals surface area contributed by atoms with Crippen molar-refractivity contribution in [3.05, 3.63) is 47.3 Å². The van der Waals surface area contributed by atoms with Crippen molar-refractivity contribution in [3.63, 3.8) is 0 Å². The maximum atomic E-state index is 8.74. The average Bonchev–Trinajstić information content (AvgIpc) is 2.84. The van der Waals surface area contributed by atoms with Crippen LogP contribution in [0.1, 0.15) is 23.2 Å². The first-order valence-electron chi connectivity index (χ1n) is 6.02. The van der Waals surface area contributed by atoms with Crippen LogP contribution in [-0.4, -0.2) is 16.7 Å². The molecule has 0 unspecified atom stereocenters. The number of aryl methyl sites for hydroxylation is 1. The number of benzene rings is 1. The lowest BCUT2D eigenvalue weighted by Crippen LogP contribution is -1.87. The van der Waals surface area contributed by atoms with Crippen LogP contribution in [0, 0.1) is 18.8 Å². The Balaban J connectivity index is 2.06. The molecule has 19 heavy (non-hydrogen) atoms. The zero-order chi connectivity index (χ0) is 13.5. The molecule has 0 saturated carbocycles. The van der Waals surface area contributed by atoms with Gasteiger partial charge in [-0.2, -0.15) is 0 Å². The van der Waals surface area contributed by atoms with E-state index in [4.69, 9.17) is 9.52 Å². The first kappa shape index (κ1) is 13.7. The number of hydrogen-bond acceptors (Lipinski definition) is 4. The van der Waals surface area contributed by atoms with E-state index in [9.17, 15) is 0 Å². The summed E-state index contributed by atoms with van der Waals surface area (Å²) in [5.74, 6) is 6.79. The van der Waals surface area contributed by atoms with Gasteiger partial charge in [-0.05, 0) is 18.6 Å². The Morgan fingerprint density at radius 2 is 2.21 bits per heavy atom. The van der Waals surface area contributed by atoms with E-state index in [1.165, 1.54) is 0 Å². The fraction of sp³-hybridized carbons (Fsp3) is 0.267. The molecule has 2 aromatic rings.